The average molecular weight is 278 g/mol. The van der Waals surface area contributed by atoms with Crippen molar-refractivity contribution >= 4 is 24.1 Å². The quantitative estimate of drug-likeness (QED) is 0.578. The van der Waals surface area contributed by atoms with Gasteiger partial charge in [-0.2, -0.15) is 4.68 Å². The van der Waals surface area contributed by atoms with E-state index in [1.807, 2.05) is 0 Å². The molecule has 0 aliphatic rings. The molecule has 1 aromatic heterocycles. The van der Waals surface area contributed by atoms with Crippen LogP contribution in [0.15, 0.2) is 12.3 Å². The Bertz CT molecular complexity index is 409. The van der Waals surface area contributed by atoms with Crippen molar-refractivity contribution in [2.45, 2.75) is 6.54 Å². The number of carbonyl (C=O) groups excluding carboxylic acids is 1. The van der Waals surface area contributed by atoms with Crippen LogP contribution >= 0.6 is 12.4 Å². The summed E-state index contributed by atoms with van der Waals surface area (Å²) in [6, 6.07) is 1.26. The van der Waals surface area contributed by atoms with Gasteiger partial charge in [-0.15, -0.1) is 12.4 Å². The van der Waals surface area contributed by atoms with E-state index in [0.29, 0.717) is 13.1 Å². The number of amides is 1. The highest BCUT2D eigenvalue weighted by Crippen LogP contribution is 2.05. The molecule has 9 heteroatoms. The van der Waals surface area contributed by atoms with Gasteiger partial charge in [-0.25, -0.2) is 0 Å². The SMILES string of the molecule is CNCCN(C)C(=O)Cn1ccc([N+](=O)[O-])n1.Cl. The van der Waals surface area contributed by atoms with Crippen LogP contribution in [0.2, 0.25) is 0 Å². The first kappa shape index (κ1) is 16.3. The molecule has 18 heavy (non-hydrogen) atoms. The van der Waals surface area contributed by atoms with E-state index in [2.05, 4.69) is 10.4 Å². The molecule has 0 spiro atoms. The molecular formula is C9H16ClN5O3. The summed E-state index contributed by atoms with van der Waals surface area (Å²) >= 11 is 0. The average Bonchev–Trinajstić information content (AvgIpc) is 2.74. The summed E-state index contributed by atoms with van der Waals surface area (Å²) in [6.45, 7) is 1.29. The van der Waals surface area contributed by atoms with Gasteiger partial charge in [0.15, 0.2) is 0 Å². The molecule has 1 N–H and O–H groups in total. The van der Waals surface area contributed by atoms with Crippen molar-refractivity contribution in [2.75, 3.05) is 27.2 Å². The van der Waals surface area contributed by atoms with Crippen LogP contribution in [0.3, 0.4) is 0 Å². The third kappa shape index (κ3) is 4.68. The van der Waals surface area contributed by atoms with Gasteiger partial charge >= 0.3 is 5.82 Å². The first-order valence-electron chi connectivity index (χ1n) is 5.11. The van der Waals surface area contributed by atoms with Crippen molar-refractivity contribution in [1.29, 1.82) is 0 Å². The number of nitrogens with one attached hydrogen (secondary N) is 1. The second-order valence-electron chi connectivity index (χ2n) is 3.55. The Morgan fingerprint density at radius 1 is 1.67 bits per heavy atom. The van der Waals surface area contributed by atoms with Crippen LogP contribution in [-0.2, 0) is 11.3 Å². The molecule has 102 valence electrons. The minimum Gasteiger partial charge on any atom is -0.358 e. The van der Waals surface area contributed by atoms with Gasteiger partial charge in [0.05, 0.1) is 17.4 Å². The van der Waals surface area contributed by atoms with Crippen LogP contribution in [0.5, 0.6) is 0 Å². The number of likely N-dealkylation sites (N-methyl/N-ethyl adjacent to an activating group) is 2. The molecule has 1 aromatic rings. The molecule has 1 heterocycles. The van der Waals surface area contributed by atoms with E-state index in [4.69, 9.17) is 0 Å². The van der Waals surface area contributed by atoms with Gasteiger partial charge in [-0.1, -0.05) is 0 Å². The van der Waals surface area contributed by atoms with Crippen molar-refractivity contribution in [1.82, 2.24) is 20.0 Å². The van der Waals surface area contributed by atoms with Crippen molar-refractivity contribution in [3.05, 3.63) is 22.4 Å². The lowest BCUT2D eigenvalue weighted by Crippen LogP contribution is -2.35. The second-order valence-corrected chi connectivity index (χ2v) is 3.55. The normalized spacial score (nSPS) is 9.67. The van der Waals surface area contributed by atoms with Crippen LogP contribution in [0.1, 0.15) is 0 Å². The maximum absolute atomic E-state index is 11.7. The summed E-state index contributed by atoms with van der Waals surface area (Å²) in [7, 11) is 3.48. The van der Waals surface area contributed by atoms with E-state index in [1.165, 1.54) is 16.9 Å². The van der Waals surface area contributed by atoms with Crippen molar-refractivity contribution < 1.29 is 9.72 Å². The second kappa shape index (κ2) is 7.62. The number of halogens is 1. The Morgan fingerprint density at radius 2 is 2.33 bits per heavy atom. The largest absolute Gasteiger partial charge is 0.389 e. The standard InChI is InChI=1S/C9H15N5O3.ClH/c1-10-4-6-12(2)9(15)7-13-5-3-8(11-13)14(16)17;/h3,5,10H,4,6-7H2,1-2H3;1H. The highest BCUT2D eigenvalue weighted by Gasteiger charge is 2.15. The molecule has 0 atom stereocenters. The Balaban J connectivity index is 0.00000289. The van der Waals surface area contributed by atoms with Gasteiger partial charge in [0, 0.05) is 20.1 Å². The molecule has 1 amide bonds. The monoisotopic (exact) mass is 277 g/mol. The van der Waals surface area contributed by atoms with E-state index in [0.717, 1.165) is 0 Å². The van der Waals surface area contributed by atoms with E-state index in [-0.39, 0.29) is 30.7 Å². The molecule has 0 unspecified atom stereocenters. The molecule has 1 rings (SSSR count). The fourth-order valence-electron chi connectivity index (χ4n) is 1.20. The summed E-state index contributed by atoms with van der Waals surface area (Å²) in [5.41, 5.74) is 0. The molecule has 0 aliphatic carbocycles. The Kier molecular flexibility index (Phi) is 6.91. The Labute approximate surface area is 111 Å². The van der Waals surface area contributed by atoms with E-state index in [9.17, 15) is 14.9 Å². The van der Waals surface area contributed by atoms with Crippen LogP contribution in [0.25, 0.3) is 0 Å². The zero-order valence-corrected chi connectivity index (χ0v) is 11.0. The van der Waals surface area contributed by atoms with Crippen LogP contribution < -0.4 is 5.32 Å². The Hall–Kier alpha value is -1.67. The third-order valence-electron chi connectivity index (χ3n) is 2.23. The number of hydrogen-bond donors (Lipinski definition) is 1. The van der Waals surface area contributed by atoms with Gasteiger partial charge < -0.3 is 20.3 Å². The minimum absolute atomic E-state index is 0. The molecule has 0 aliphatic heterocycles. The van der Waals surface area contributed by atoms with E-state index < -0.39 is 4.92 Å². The summed E-state index contributed by atoms with van der Waals surface area (Å²) < 4.78 is 1.26. The van der Waals surface area contributed by atoms with Crippen molar-refractivity contribution in [3.8, 4) is 0 Å². The minimum atomic E-state index is -0.592. The number of aromatic nitrogens is 2. The molecular weight excluding hydrogens is 262 g/mol. The van der Waals surface area contributed by atoms with Crippen LogP contribution in [-0.4, -0.2) is 52.7 Å². The smallest absolute Gasteiger partial charge is 0.358 e. The number of nitrogens with zero attached hydrogens (tertiary/aromatic N) is 4. The lowest BCUT2D eigenvalue weighted by Gasteiger charge is -2.15. The number of hydrogen-bond acceptors (Lipinski definition) is 5. The predicted octanol–water partition coefficient (Wildman–Crippen LogP) is -0.109. The molecule has 0 saturated carbocycles. The van der Waals surface area contributed by atoms with Gasteiger partial charge in [0.2, 0.25) is 5.91 Å². The molecule has 8 nitrogen and oxygen atoms in total. The molecule has 0 fully saturated rings. The maximum Gasteiger partial charge on any atom is 0.389 e. The van der Waals surface area contributed by atoms with Crippen molar-refractivity contribution in [3.63, 3.8) is 0 Å². The Morgan fingerprint density at radius 3 is 2.83 bits per heavy atom. The van der Waals surface area contributed by atoms with Crippen molar-refractivity contribution in [2.24, 2.45) is 0 Å². The lowest BCUT2D eigenvalue weighted by molar-refractivity contribution is -0.389. The fraction of sp³-hybridized carbons (Fsp3) is 0.556. The number of rotatable bonds is 6. The number of nitro groups is 1. The van der Waals surface area contributed by atoms with Gasteiger partial charge in [-0.3, -0.25) is 4.79 Å². The highest BCUT2D eigenvalue weighted by atomic mass is 35.5. The summed E-state index contributed by atoms with van der Waals surface area (Å²) in [5, 5.41) is 17.0. The van der Waals surface area contributed by atoms with E-state index in [1.54, 1.807) is 19.0 Å². The zero-order chi connectivity index (χ0) is 12.8. The lowest BCUT2D eigenvalue weighted by atomic mass is 10.5. The van der Waals surface area contributed by atoms with Gasteiger partial charge in [0.1, 0.15) is 6.54 Å². The van der Waals surface area contributed by atoms with Crippen LogP contribution in [0, 0.1) is 10.1 Å². The summed E-state index contributed by atoms with van der Waals surface area (Å²) in [6.07, 6.45) is 1.42. The van der Waals surface area contributed by atoms with E-state index >= 15 is 0 Å². The number of carbonyl (C=O) groups is 1. The molecule has 0 radical (unpaired) electrons. The molecule has 0 aromatic carbocycles. The third-order valence-corrected chi connectivity index (χ3v) is 2.23. The topological polar surface area (TPSA) is 93.3 Å². The zero-order valence-electron chi connectivity index (χ0n) is 10.2. The maximum atomic E-state index is 11.7. The van der Waals surface area contributed by atoms with Crippen LogP contribution in [0.4, 0.5) is 5.82 Å². The first-order chi connectivity index (χ1) is 8.04. The predicted molar refractivity (Wildman–Crippen MR) is 67.7 cm³/mol. The molecule has 0 saturated heterocycles. The summed E-state index contributed by atoms with van der Waals surface area (Å²) in [4.78, 5) is 23.0. The van der Waals surface area contributed by atoms with Gasteiger partial charge in [0.25, 0.3) is 0 Å². The fourth-order valence-corrected chi connectivity index (χ4v) is 1.20. The molecule has 0 bridgehead atoms. The first-order valence-corrected chi connectivity index (χ1v) is 5.11. The summed E-state index contributed by atoms with van der Waals surface area (Å²) in [5.74, 6) is -0.395. The highest BCUT2D eigenvalue weighted by molar-refractivity contribution is 5.85. The van der Waals surface area contributed by atoms with Gasteiger partial charge in [-0.05, 0) is 12.0 Å².